The van der Waals surface area contributed by atoms with Crippen molar-refractivity contribution in [3.8, 4) is 0 Å². The Hall–Kier alpha value is -3.02. The lowest BCUT2D eigenvalue weighted by Gasteiger charge is -2.27. The summed E-state index contributed by atoms with van der Waals surface area (Å²) in [4.78, 5) is 27.2. The number of aryl methyl sites for hydroxylation is 1. The van der Waals surface area contributed by atoms with Gasteiger partial charge in [0.1, 0.15) is 17.8 Å². The first-order chi connectivity index (χ1) is 12.8. The summed E-state index contributed by atoms with van der Waals surface area (Å²) in [5.74, 6) is 0.898. The maximum atomic E-state index is 12.0. The van der Waals surface area contributed by atoms with Crippen molar-refractivity contribution in [1.82, 2.24) is 19.5 Å². The van der Waals surface area contributed by atoms with Crippen molar-refractivity contribution in [2.24, 2.45) is 0 Å². The maximum absolute atomic E-state index is 12.0. The highest BCUT2D eigenvalue weighted by Gasteiger charge is 2.16. The summed E-state index contributed by atoms with van der Waals surface area (Å²) in [7, 11) is 0. The van der Waals surface area contributed by atoms with Crippen LogP contribution in [0.3, 0.4) is 0 Å². The number of nitrogens with zero attached hydrogens (tertiary/aromatic N) is 5. The first-order valence-corrected chi connectivity index (χ1v) is 8.97. The molecule has 4 heterocycles. The Balaban J connectivity index is 1.65. The number of anilines is 1. The van der Waals surface area contributed by atoms with Crippen molar-refractivity contribution >= 4 is 22.4 Å². The van der Waals surface area contributed by atoms with Crippen LogP contribution in [0.1, 0.15) is 25.3 Å². The highest BCUT2D eigenvalue weighted by atomic mass is 16.1. The molecule has 0 aromatic carbocycles. The third-order valence-electron chi connectivity index (χ3n) is 4.71. The van der Waals surface area contributed by atoms with Crippen LogP contribution in [0.25, 0.3) is 16.6 Å². The van der Waals surface area contributed by atoms with Gasteiger partial charge in [0.05, 0.1) is 5.39 Å². The van der Waals surface area contributed by atoms with Crippen LogP contribution >= 0.6 is 0 Å². The number of hydrogen-bond donors (Lipinski definition) is 0. The zero-order chi connectivity index (χ0) is 17.9. The molecule has 6 heteroatoms. The molecule has 0 saturated heterocycles. The largest absolute Gasteiger partial charge is 0.352 e. The van der Waals surface area contributed by atoms with E-state index in [1.54, 1.807) is 12.5 Å². The van der Waals surface area contributed by atoms with Crippen molar-refractivity contribution < 1.29 is 0 Å². The van der Waals surface area contributed by atoms with Gasteiger partial charge in [-0.25, -0.2) is 4.98 Å². The van der Waals surface area contributed by atoms with Gasteiger partial charge in [0.15, 0.2) is 0 Å². The van der Waals surface area contributed by atoms with Gasteiger partial charge in [-0.3, -0.25) is 9.78 Å². The van der Waals surface area contributed by atoms with Gasteiger partial charge >= 0.3 is 0 Å². The van der Waals surface area contributed by atoms with Crippen LogP contribution < -0.4 is 10.5 Å². The van der Waals surface area contributed by atoms with E-state index < -0.39 is 0 Å². The highest BCUT2D eigenvalue weighted by Crippen LogP contribution is 2.25. The Bertz CT molecular complexity index is 1010. The molecule has 0 fully saturated rings. The third kappa shape index (κ3) is 3.10. The quantitative estimate of drug-likeness (QED) is 0.726. The number of aromatic nitrogens is 4. The zero-order valence-electron chi connectivity index (χ0n) is 14.8. The molecule has 0 atom stereocenters. The van der Waals surface area contributed by atoms with Crippen molar-refractivity contribution in [2.45, 2.75) is 26.3 Å². The highest BCUT2D eigenvalue weighted by molar-refractivity contribution is 5.76. The predicted molar refractivity (Wildman–Crippen MR) is 103 cm³/mol. The second kappa shape index (κ2) is 7.07. The van der Waals surface area contributed by atoms with Crippen LogP contribution in [0.15, 0.2) is 53.9 Å². The van der Waals surface area contributed by atoms with Gasteiger partial charge in [0.2, 0.25) is 0 Å². The van der Waals surface area contributed by atoms with Gasteiger partial charge in [-0.05, 0) is 42.2 Å². The van der Waals surface area contributed by atoms with Gasteiger partial charge in [0, 0.05) is 32.0 Å². The lowest BCUT2D eigenvalue weighted by atomic mass is 10.0. The minimum absolute atomic E-state index is 0.219. The van der Waals surface area contributed by atoms with Crippen molar-refractivity contribution in [3.63, 3.8) is 0 Å². The van der Waals surface area contributed by atoms with Crippen LogP contribution in [-0.2, 0) is 6.54 Å². The molecule has 0 amide bonds. The van der Waals surface area contributed by atoms with Crippen LogP contribution in [-0.4, -0.2) is 32.6 Å². The lowest BCUT2D eigenvalue weighted by molar-refractivity contribution is 0.676. The smallest absolute Gasteiger partial charge is 0.282 e. The minimum Gasteiger partial charge on any atom is -0.352 e. The molecule has 0 N–H and O–H groups in total. The third-order valence-corrected chi connectivity index (χ3v) is 4.71. The summed E-state index contributed by atoms with van der Waals surface area (Å²) in [6, 6.07) is 7.83. The predicted octanol–water partition coefficient (Wildman–Crippen LogP) is 2.89. The molecule has 0 unspecified atom stereocenters. The van der Waals surface area contributed by atoms with E-state index in [-0.39, 0.29) is 5.56 Å². The van der Waals surface area contributed by atoms with E-state index in [0.717, 1.165) is 38.3 Å². The Morgan fingerprint density at radius 3 is 2.88 bits per heavy atom. The van der Waals surface area contributed by atoms with E-state index in [1.165, 1.54) is 11.1 Å². The van der Waals surface area contributed by atoms with E-state index in [4.69, 9.17) is 4.98 Å². The van der Waals surface area contributed by atoms with E-state index in [2.05, 4.69) is 33.9 Å². The average molecular weight is 347 g/mol. The number of rotatable bonds is 4. The lowest BCUT2D eigenvalue weighted by Crippen LogP contribution is -2.29. The molecule has 0 bridgehead atoms. The van der Waals surface area contributed by atoms with Gasteiger partial charge in [-0.15, -0.1) is 0 Å². The Labute approximate surface area is 151 Å². The monoisotopic (exact) mass is 347 g/mol. The summed E-state index contributed by atoms with van der Waals surface area (Å²) < 4.78 is 1.96. The van der Waals surface area contributed by atoms with Gasteiger partial charge < -0.3 is 9.47 Å². The molecule has 1 aliphatic heterocycles. The number of pyridine rings is 2. The molecule has 0 aliphatic carbocycles. The fourth-order valence-corrected chi connectivity index (χ4v) is 3.34. The Morgan fingerprint density at radius 2 is 2.15 bits per heavy atom. The summed E-state index contributed by atoms with van der Waals surface area (Å²) in [5.41, 5.74) is 3.00. The molecule has 1 aliphatic rings. The van der Waals surface area contributed by atoms with Crippen LogP contribution in [0, 0.1) is 0 Å². The van der Waals surface area contributed by atoms with Crippen LogP contribution in [0.4, 0.5) is 5.82 Å². The van der Waals surface area contributed by atoms with E-state index in [0.29, 0.717) is 11.0 Å². The number of fused-ring (bicyclic) bond motifs is 1. The molecule has 26 heavy (non-hydrogen) atoms. The molecule has 132 valence electrons. The molecule has 0 saturated carbocycles. The van der Waals surface area contributed by atoms with Gasteiger partial charge in [-0.1, -0.05) is 19.1 Å². The summed E-state index contributed by atoms with van der Waals surface area (Å²) in [5, 5.41) is 0.577. The first-order valence-electron chi connectivity index (χ1n) is 8.97. The van der Waals surface area contributed by atoms with Crippen molar-refractivity contribution in [1.29, 1.82) is 0 Å². The van der Waals surface area contributed by atoms with E-state index >= 15 is 0 Å². The zero-order valence-corrected chi connectivity index (χ0v) is 14.8. The normalized spacial score (nSPS) is 14.5. The molecule has 3 aromatic heterocycles. The summed E-state index contributed by atoms with van der Waals surface area (Å²) >= 11 is 0. The van der Waals surface area contributed by atoms with E-state index in [9.17, 15) is 4.79 Å². The van der Waals surface area contributed by atoms with Crippen molar-refractivity contribution in [3.05, 3.63) is 65.0 Å². The average Bonchev–Trinajstić information content (AvgIpc) is 2.71. The standard InChI is InChI=1S/C20H21N5O/c1-2-10-25-14-22-20(26)17-5-6-18(23-19(17)25)24-11-7-15(8-12-24)16-4-3-9-21-13-16/h3-7,9,13-14H,2,8,10-12H2,1H3. The topological polar surface area (TPSA) is 63.9 Å². The van der Waals surface area contributed by atoms with Gasteiger partial charge in [0.25, 0.3) is 5.56 Å². The van der Waals surface area contributed by atoms with Crippen LogP contribution in [0.2, 0.25) is 0 Å². The van der Waals surface area contributed by atoms with E-state index in [1.807, 2.05) is 29.0 Å². The molecule has 6 nitrogen and oxygen atoms in total. The Morgan fingerprint density at radius 1 is 1.23 bits per heavy atom. The fourth-order valence-electron chi connectivity index (χ4n) is 3.34. The summed E-state index contributed by atoms with van der Waals surface area (Å²) in [6.45, 7) is 4.59. The Kier molecular flexibility index (Phi) is 4.48. The number of hydrogen-bond acceptors (Lipinski definition) is 5. The maximum Gasteiger partial charge on any atom is 0.282 e. The summed E-state index contributed by atoms with van der Waals surface area (Å²) in [6.07, 6.45) is 9.45. The molecule has 3 aromatic rings. The first kappa shape index (κ1) is 16.4. The fraction of sp³-hybridized carbons (Fsp3) is 0.300. The molecular formula is C20H21N5O. The molecular weight excluding hydrogens is 326 g/mol. The van der Waals surface area contributed by atoms with Crippen LogP contribution in [0.5, 0.6) is 0 Å². The second-order valence-corrected chi connectivity index (χ2v) is 6.45. The van der Waals surface area contributed by atoms with Crippen molar-refractivity contribution in [2.75, 3.05) is 18.0 Å². The SMILES string of the molecule is CCCn1cnc(=O)c2ccc(N3CC=C(c4cccnc4)CC3)nc21. The minimum atomic E-state index is -0.219. The second-order valence-electron chi connectivity index (χ2n) is 6.45. The van der Waals surface area contributed by atoms with Gasteiger partial charge in [-0.2, -0.15) is 4.98 Å². The molecule has 0 spiro atoms. The molecule has 4 rings (SSSR count). The molecule has 0 radical (unpaired) electrons.